The number of pyridine rings is 1. The number of aromatic nitrogens is 1. The number of nitrogens with zero attached hydrogens (tertiary/aromatic N) is 1. The van der Waals surface area contributed by atoms with E-state index in [0.717, 1.165) is 5.56 Å². The molecule has 0 saturated carbocycles. The van der Waals surface area contributed by atoms with E-state index in [0.29, 0.717) is 5.69 Å². The molecule has 0 aromatic carbocycles. The Bertz CT molecular complexity index is 373. The lowest BCUT2D eigenvalue weighted by Gasteiger charge is -2.16. The maximum atomic E-state index is 11.7. The molecule has 0 fully saturated rings. The van der Waals surface area contributed by atoms with Gasteiger partial charge in [-0.3, -0.25) is 4.79 Å². The average molecular weight is 242 g/mol. The minimum atomic E-state index is -0.546. The third-order valence-corrected chi connectivity index (χ3v) is 2.67. The Hall–Kier alpha value is -1.13. The van der Waals surface area contributed by atoms with Gasteiger partial charge in [0.25, 0.3) is 0 Å². The molecule has 5 heteroatoms. The van der Waals surface area contributed by atoms with Crippen molar-refractivity contribution in [1.82, 2.24) is 4.98 Å². The molecule has 0 aliphatic heterocycles. The molecule has 0 bridgehead atoms. The van der Waals surface area contributed by atoms with Gasteiger partial charge in [-0.25, -0.2) is 4.98 Å². The maximum Gasteiger partial charge on any atom is 0.241 e. The fraction of sp³-hybridized carbons (Fsp3) is 0.455. The molecule has 1 atom stereocenters. The standard InChI is InChI=1S/C11H16ClN3O/c1-6(2)8(13)11(16)15-9-7(3)4-5-14-10(9)12/h4-6,8H,13H2,1-3H3,(H,15,16). The fourth-order valence-electron chi connectivity index (χ4n) is 1.18. The van der Waals surface area contributed by atoms with E-state index in [4.69, 9.17) is 17.3 Å². The quantitative estimate of drug-likeness (QED) is 0.795. The first-order valence-electron chi connectivity index (χ1n) is 5.11. The monoisotopic (exact) mass is 241 g/mol. The van der Waals surface area contributed by atoms with Crippen molar-refractivity contribution in [3.05, 3.63) is 23.0 Å². The summed E-state index contributed by atoms with van der Waals surface area (Å²) in [7, 11) is 0. The molecular weight excluding hydrogens is 226 g/mol. The minimum absolute atomic E-state index is 0.0794. The van der Waals surface area contributed by atoms with Crippen molar-refractivity contribution < 1.29 is 4.79 Å². The normalized spacial score (nSPS) is 12.6. The second-order valence-electron chi connectivity index (χ2n) is 4.05. The molecule has 0 saturated heterocycles. The predicted octanol–water partition coefficient (Wildman–Crippen LogP) is 1.97. The van der Waals surface area contributed by atoms with Crippen LogP contribution < -0.4 is 11.1 Å². The number of hydrogen-bond donors (Lipinski definition) is 2. The Kier molecular flexibility index (Phi) is 4.26. The van der Waals surface area contributed by atoms with Crippen LogP contribution in [0.4, 0.5) is 5.69 Å². The van der Waals surface area contributed by atoms with Crippen LogP contribution in [-0.2, 0) is 4.79 Å². The van der Waals surface area contributed by atoms with Gasteiger partial charge in [-0.1, -0.05) is 25.4 Å². The van der Waals surface area contributed by atoms with Gasteiger partial charge in [0.1, 0.15) is 0 Å². The number of rotatable bonds is 3. The van der Waals surface area contributed by atoms with Gasteiger partial charge in [-0.05, 0) is 24.5 Å². The smallest absolute Gasteiger partial charge is 0.241 e. The highest BCUT2D eigenvalue weighted by Crippen LogP contribution is 2.22. The topological polar surface area (TPSA) is 68.0 Å². The minimum Gasteiger partial charge on any atom is -0.322 e. The number of carbonyl (C=O) groups is 1. The first-order valence-corrected chi connectivity index (χ1v) is 5.48. The molecule has 3 N–H and O–H groups in total. The van der Waals surface area contributed by atoms with Crippen molar-refractivity contribution in [1.29, 1.82) is 0 Å². The van der Waals surface area contributed by atoms with Crippen LogP contribution in [0.15, 0.2) is 12.3 Å². The summed E-state index contributed by atoms with van der Waals surface area (Å²) in [6, 6.07) is 1.23. The van der Waals surface area contributed by atoms with Crippen LogP contribution in [-0.4, -0.2) is 16.9 Å². The lowest BCUT2D eigenvalue weighted by molar-refractivity contribution is -0.118. The molecule has 1 aromatic heterocycles. The van der Waals surface area contributed by atoms with E-state index in [-0.39, 0.29) is 17.0 Å². The number of hydrogen-bond acceptors (Lipinski definition) is 3. The summed E-state index contributed by atoms with van der Waals surface area (Å²) in [5.74, 6) is -0.163. The van der Waals surface area contributed by atoms with Crippen molar-refractivity contribution >= 4 is 23.2 Å². The van der Waals surface area contributed by atoms with Crippen LogP contribution >= 0.6 is 11.6 Å². The molecule has 1 heterocycles. The van der Waals surface area contributed by atoms with Crippen LogP contribution in [0.25, 0.3) is 0 Å². The summed E-state index contributed by atoms with van der Waals surface area (Å²) in [5, 5.41) is 2.98. The number of amides is 1. The van der Waals surface area contributed by atoms with Crippen LogP contribution in [0.5, 0.6) is 0 Å². The molecule has 16 heavy (non-hydrogen) atoms. The van der Waals surface area contributed by atoms with Gasteiger partial charge in [-0.15, -0.1) is 0 Å². The van der Waals surface area contributed by atoms with E-state index in [9.17, 15) is 4.79 Å². The number of nitrogens with two attached hydrogens (primary N) is 1. The summed E-state index contributed by atoms with van der Waals surface area (Å²) >= 11 is 5.89. The zero-order valence-corrected chi connectivity index (χ0v) is 10.4. The number of halogens is 1. The number of nitrogens with one attached hydrogen (secondary N) is 1. The summed E-state index contributed by atoms with van der Waals surface area (Å²) in [5.41, 5.74) is 7.13. The van der Waals surface area contributed by atoms with Gasteiger partial charge in [0.05, 0.1) is 11.7 Å². The van der Waals surface area contributed by atoms with E-state index in [1.807, 2.05) is 20.8 Å². The lowest BCUT2D eigenvalue weighted by atomic mass is 10.0. The van der Waals surface area contributed by atoms with Crippen molar-refractivity contribution in [2.24, 2.45) is 11.7 Å². The second-order valence-corrected chi connectivity index (χ2v) is 4.41. The van der Waals surface area contributed by atoms with Crippen LogP contribution in [0.2, 0.25) is 5.15 Å². The third-order valence-electron chi connectivity index (χ3n) is 2.38. The molecule has 88 valence electrons. The molecule has 0 spiro atoms. The molecular formula is C11H16ClN3O. The van der Waals surface area contributed by atoms with Gasteiger partial charge < -0.3 is 11.1 Å². The molecule has 4 nitrogen and oxygen atoms in total. The van der Waals surface area contributed by atoms with Crippen molar-refractivity contribution in [3.8, 4) is 0 Å². The second kappa shape index (κ2) is 5.27. The van der Waals surface area contributed by atoms with Crippen molar-refractivity contribution in [3.63, 3.8) is 0 Å². The Morgan fingerprint density at radius 1 is 1.56 bits per heavy atom. The molecule has 0 aliphatic carbocycles. The van der Waals surface area contributed by atoms with E-state index >= 15 is 0 Å². The average Bonchev–Trinajstić information content (AvgIpc) is 2.22. The summed E-state index contributed by atoms with van der Waals surface area (Å²) in [4.78, 5) is 15.6. The van der Waals surface area contributed by atoms with E-state index in [2.05, 4.69) is 10.3 Å². The summed E-state index contributed by atoms with van der Waals surface area (Å²) in [6.07, 6.45) is 1.59. The van der Waals surface area contributed by atoms with Gasteiger partial charge in [0.2, 0.25) is 5.91 Å². The lowest BCUT2D eigenvalue weighted by Crippen LogP contribution is -2.40. The molecule has 1 rings (SSSR count). The molecule has 1 aromatic rings. The molecule has 1 amide bonds. The van der Waals surface area contributed by atoms with E-state index < -0.39 is 6.04 Å². The van der Waals surface area contributed by atoms with Crippen LogP contribution in [0.1, 0.15) is 19.4 Å². The van der Waals surface area contributed by atoms with E-state index in [1.165, 1.54) is 0 Å². The molecule has 0 aliphatic rings. The number of anilines is 1. The first-order chi connectivity index (χ1) is 7.43. The van der Waals surface area contributed by atoms with Gasteiger partial charge in [0, 0.05) is 6.20 Å². The predicted molar refractivity (Wildman–Crippen MR) is 65.4 cm³/mol. The zero-order valence-electron chi connectivity index (χ0n) is 9.62. The highest BCUT2D eigenvalue weighted by molar-refractivity contribution is 6.32. The first kappa shape index (κ1) is 12.9. The number of carbonyl (C=O) groups excluding carboxylic acids is 1. The Balaban J connectivity index is 2.85. The van der Waals surface area contributed by atoms with Gasteiger partial charge >= 0.3 is 0 Å². The van der Waals surface area contributed by atoms with Crippen molar-refractivity contribution in [2.75, 3.05) is 5.32 Å². The Morgan fingerprint density at radius 2 is 2.19 bits per heavy atom. The molecule has 1 unspecified atom stereocenters. The van der Waals surface area contributed by atoms with Gasteiger partial charge in [-0.2, -0.15) is 0 Å². The van der Waals surface area contributed by atoms with Crippen LogP contribution in [0, 0.1) is 12.8 Å². The van der Waals surface area contributed by atoms with Crippen LogP contribution in [0.3, 0.4) is 0 Å². The zero-order chi connectivity index (χ0) is 12.3. The van der Waals surface area contributed by atoms with Gasteiger partial charge in [0.15, 0.2) is 5.15 Å². The fourth-order valence-corrected chi connectivity index (χ4v) is 1.44. The SMILES string of the molecule is Cc1ccnc(Cl)c1NC(=O)C(N)C(C)C. The van der Waals surface area contributed by atoms with Crippen molar-refractivity contribution in [2.45, 2.75) is 26.8 Å². The van der Waals surface area contributed by atoms with E-state index in [1.54, 1.807) is 12.3 Å². The summed E-state index contributed by atoms with van der Waals surface area (Å²) < 4.78 is 0. The molecule has 0 radical (unpaired) electrons. The maximum absolute atomic E-state index is 11.7. The highest BCUT2D eigenvalue weighted by Gasteiger charge is 2.19. The largest absolute Gasteiger partial charge is 0.322 e. The number of aryl methyl sites for hydroxylation is 1. The summed E-state index contributed by atoms with van der Waals surface area (Å²) in [6.45, 7) is 5.63. The highest BCUT2D eigenvalue weighted by atomic mass is 35.5. The Labute approximate surface area is 100 Å². The third kappa shape index (κ3) is 2.93. The Morgan fingerprint density at radius 3 is 2.69 bits per heavy atom.